The molecule has 0 saturated carbocycles. The third-order valence-corrected chi connectivity index (χ3v) is 9.10. The molecule has 0 aliphatic heterocycles. The van der Waals surface area contributed by atoms with E-state index in [0.29, 0.717) is 45.1 Å². The smallest absolute Gasteiger partial charge is 0.439 e. The van der Waals surface area contributed by atoms with Gasteiger partial charge in [0.05, 0.1) is 32.7 Å². The summed E-state index contributed by atoms with van der Waals surface area (Å²) in [6.07, 6.45) is 0.696. The Hall–Kier alpha value is -5.56. The number of aromatic nitrogens is 4. The first kappa shape index (κ1) is 30.5. The largest absolute Gasteiger partial charge is 0.493 e. The van der Waals surface area contributed by atoms with Gasteiger partial charge >= 0.3 is 11.4 Å². The van der Waals surface area contributed by atoms with Crippen LogP contribution in [0.5, 0.6) is 11.5 Å². The summed E-state index contributed by atoms with van der Waals surface area (Å²) in [5, 5.41) is 7.50. The number of fused-ring (bicyclic) bond motifs is 1. The molecular weight excluding hydrogens is 610 g/mol. The molecule has 0 fully saturated rings. The van der Waals surface area contributed by atoms with Crippen LogP contribution >= 0.6 is 11.3 Å². The van der Waals surface area contributed by atoms with E-state index in [1.165, 1.54) is 25.6 Å². The summed E-state index contributed by atoms with van der Waals surface area (Å²) in [6.45, 7) is 1.93. The van der Waals surface area contributed by atoms with Gasteiger partial charge < -0.3 is 9.47 Å². The number of nitrogens with zero attached hydrogens (tertiary/aromatic N) is 4. The molecule has 12 nitrogen and oxygen atoms in total. The van der Waals surface area contributed by atoms with Gasteiger partial charge in [-0.2, -0.15) is 4.91 Å². The summed E-state index contributed by atoms with van der Waals surface area (Å²) in [4.78, 5) is 55.4. The molecule has 0 spiro atoms. The van der Waals surface area contributed by atoms with Crippen molar-refractivity contribution in [3.05, 3.63) is 125 Å². The third-order valence-electron chi connectivity index (χ3n) is 7.80. The number of H-pyrrole nitrogens is 1. The van der Waals surface area contributed by atoms with E-state index < -0.39 is 23.0 Å². The Labute approximate surface area is 265 Å². The minimum Gasteiger partial charge on any atom is -0.493 e. The monoisotopic (exact) mass is 639 g/mol. The fraction of sp³-hybridized carbons (Fsp3) is 0.212. The second-order valence-electron chi connectivity index (χ2n) is 10.5. The Bertz CT molecular complexity index is 2230. The number of hydrogen-bond acceptors (Lipinski definition) is 10. The molecule has 0 aliphatic carbocycles. The van der Waals surface area contributed by atoms with Crippen LogP contribution < -0.4 is 26.5 Å². The van der Waals surface area contributed by atoms with Gasteiger partial charge in [-0.1, -0.05) is 71.9 Å². The lowest BCUT2D eigenvalue weighted by Gasteiger charge is -2.16. The molecule has 1 N–H and O–H groups in total. The van der Waals surface area contributed by atoms with E-state index in [2.05, 4.69) is 15.3 Å². The van der Waals surface area contributed by atoms with Gasteiger partial charge in [-0.3, -0.25) is 23.4 Å². The van der Waals surface area contributed by atoms with Gasteiger partial charge in [-0.05, 0) is 46.9 Å². The molecular formula is C33H29N5O7S. The molecule has 0 radical (unpaired) electrons. The number of nitroso groups, excluding NO2 is 1. The maximum absolute atomic E-state index is 14.0. The lowest BCUT2D eigenvalue weighted by Crippen LogP contribution is -2.40. The Morgan fingerprint density at radius 3 is 2.33 bits per heavy atom. The summed E-state index contributed by atoms with van der Waals surface area (Å²) in [6, 6.07) is 20.8. The van der Waals surface area contributed by atoms with Gasteiger partial charge in [0.1, 0.15) is 10.9 Å². The number of nitrogens with one attached hydrogen (secondary N) is 1. The predicted molar refractivity (Wildman–Crippen MR) is 175 cm³/mol. The fourth-order valence-corrected chi connectivity index (χ4v) is 6.50. The number of aromatic amines is 1. The first-order valence-electron chi connectivity index (χ1n) is 14.4. The summed E-state index contributed by atoms with van der Waals surface area (Å²) < 4.78 is 18.0. The second kappa shape index (κ2) is 12.8. The van der Waals surface area contributed by atoms with E-state index in [-0.39, 0.29) is 13.1 Å². The molecule has 3 heterocycles. The Morgan fingerprint density at radius 1 is 0.935 bits per heavy atom. The normalized spacial score (nSPS) is 11.9. The van der Waals surface area contributed by atoms with Gasteiger partial charge in [-0.15, -0.1) is 11.3 Å². The van der Waals surface area contributed by atoms with Crippen LogP contribution in [0.3, 0.4) is 0 Å². The zero-order valence-electron chi connectivity index (χ0n) is 25.2. The maximum atomic E-state index is 14.0. The van der Waals surface area contributed by atoms with Crippen molar-refractivity contribution < 1.29 is 14.0 Å². The number of benzene rings is 3. The van der Waals surface area contributed by atoms with Crippen LogP contribution in [0.15, 0.2) is 96.9 Å². The third kappa shape index (κ3) is 5.68. The SMILES string of the molecule is CCc1cc2c(=O)n(CC(N=O)c3ccc(OC)c(OC)c3)c(=O)n(Cc3ccc(-c4ccccc4-c4noc(=O)[nH]4)cc3)c2s1. The summed E-state index contributed by atoms with van der Waals surface area (Å²) in [5.41, 5.74) is 2.69. The van der Waals surface area contributed by atoms with Crippen molar-refractivity contribution in [3.8, 4) is 34.0 Å². The van der Waals surface area contributed by atoms with Gasteiger partial charge in [-0.25, -0.2) is 9.59 Å². The molecule has 3 aromatic heterocycles. The molecule has 0 bridgehead atoms. The second-order valence-corrected chi connectivity index (χ2v) is 11.6. The van der Waals surface area contributed by atoms with Crippen LogP contribution in [0.2, 0.25) is 0 Å². The minimum absolute atomic E-state index is 0.188. The molecule has 13 heteroatoms. The zero-order chi connectivity index (χ0) is 32.4. The molecule has 6 aromatic rings. The van der Waals surface area contributed by atoms with E-state index in [9.17, 15) is 19.3 Å². The molecule has 0 amide bonds. The van der Waals surface area contributed by atoms with Gasteiger partial charge in [0.2, 0.25) is 0 Å². The molecule has 234 valence electrons. The Morgan fingerprint density at radius 2 is 1.67 bits per heavy atom. The maximum Gasteiger partial charge on any atom is 0.439 e. The summed E-state index contributed by atoms with van der Waals surface area (Å²) in [7, 11) is 2.98. The molecule has 0 saturated heterocycles. The zero-order valence-corrected chi connectivity index (χ0v) is 26.0. The average Bonchev–Trinajstić information content (AvgIpc) is 3.73. The van der Waals surface area contributed by atoms with Crippen molar-refractivity contribution in [2.45, 2.75) is 32.5 Å². The highest BCUT2D eigenvalue weighted by atomic mass is 32.1. The van der Waals surface area contributed by atoms with E-state index >= 15 is 0 Å². The van der Waals surface area contributed by atoms with Crippen molar-refractivity contribution in [1.29, 1.82) is 0 Å². The fourth-order valence-electron chi connectivity index (χ4n) is 5.42. The molecule has 1 unspecified atom stereocenters. The van der Waals surface area contributed by atoms with Crippen molar-refractivity contribution in [1.82, 2.24) is 19.3 Å². The average molecular weight is 640 g/mol. The van der Waals surface area contributed by atoms with Crippen LogP contribution in [0.4, 0.5) is 0 Å². The van der Waals surface area contributed by atoms with Gasteiger partial charge in [0.25, 0.3) is 5.56 Å². The van der Waals surface area contributed by atoms with Crippen LogP contribution in [0, 0.1) is 4.91 Å². The lowest BCUT2D eigenvalue weighted by molar-refractivity contribution is 0.354. The molecule has 0 aliphatic rings. The lowest BCUT2D eigenvalue weighted by atomic mass is 9.98. The molecule has 46 heavy (non-hydrogen) atoms. The number of ether oxygens (including phenoxy) is 2. The van der Waals surface area contributed by atoms with Crippen molar-refractivity contribution in [2.75, 3.05) is 14.2 Å². The molecule has 6 rings (SSSR count). The summed E-state index contributed by atoms with van der Waals surface area (Å²) in [5.74, 6) is 0.558. The van der Waals surface area contributed by atoms with Crippen molar-refractivity contribution in [3.63, 3.8) is 0 Å². The predicted octanol–water partition coefficient (Wildman–Crippen LogP) is 5.37. The van der Waals surface area contributed by atoms with Crippen LogP contribution in [-0.4, -0.2) is 33.5 Å². The molecule has 3 aromatic carbocycles. The van der Waals surface area contributed by atoms with Crippen LogP contribution in [0.1, 0.15) is 29.0 Å². The molecule has 1 atom stereocenters. The number of methoxy groups -OCH3 is 2. The number of aryl methyl sites for hydroxylation is 1. The van der Waals surface area contributed by atoms with Gasteiger partial charge in [0.15, 0.2) is 17.3 Å². The van der Waals surface area contributed by atoms with E-state index in [1.54, 1.807) is 22.8 Å². The van der Waals surface area contributed by atoms with Crippen LogP contribution in [0.25, 0.3) is 32.7 Å². The van der Waals surface area contributed by atoms with E-state index in [0.717, 1.165) is 26.1 Å². The van der Waals surface area contributed by atoms with Gasteiger partial charge in [0, 0.05) is 10.4 Å². The highest BCUT2D eigenvalue weighted by Gasteiger charge is 2.22. The van der Waals surface area contributed by atoms with E-state index in [4.69, 9.17) is 14.0 Å². The highest BCUT2D eigenvalue weighted by molar-refractivity contribution is 7.18. The highest BCUT2D eigenvalue weighted by Crippen LogP contribution is 2.32. The first-order valence-corrected chi connectivity index (χ1v) is 15.2. The Kier molecular flexibility index (Phi) is 8.49. The number of hydrogen-bond donors (Lipinski definition) is 1. The number of thiophene rings is 1. The minimum atomic E-state index is -1.03. The van der Waals surface area contributed by atoms with Crippen LogP contribution in [-0.2, 0) is 19.5 Å². The van der Waals surface area contributed by atoms with Crippen molar-refractivity contribution >= 4 is 21.6 Å². The Balaban J connectivity index is 1.38. The van der Waals surface area contributed by atoms with E-state index in [1.807, 2.05) is 61.5 Å². The standard InChI is InChI=1S/C33H29N5O7S/c1-4-22-16-25-30(39)37(18-26(35-42)21-13-14-27(43-2)28(15-21)44-3)33(41)38(31(25)46-22)17-19-9-11-20(12-10-19)23-7-5-6-8-24(23)29-34-32(40)45-36-29/h5-16,26H,4,17-18H2,1-3H3,(H,34,36,40). The quantitative estimate of drug-likeness (QED) is 0.186. The summed E-state index contributed by atoms with van der Waals surface area (Å²) >= 11 is 1.40. The number of rotatable bonds is 11. The topological polar surface area (TPSA) is 151 Å². The first-order chi connectivity index (χ1) is 22.3. The van der Waals surface area contributed by atoms with Crippen molar-refractivity contribution in [2.24, 2.45) is 5.18 Å².